The first kappa shape index (κ1) is 26.8. The second-order valence-corrected chi connectivity index (χ2v) is 26.0. The van der Waals surface area contributed by atoms with Crippen molar-refractivity contribution in [3.63, 3.8) is 0 Å². The van der Waals surface area contributed by atoms with E-state index in [1.165, 1.54) is 11.1 Å². The molecule has 5 aliphatic carbocycles. The normalized spacial score (nSPS) is 21.4. The van der Waals surface area contributed by atoms with E-state index in [1.54, 1.807) is 313 Å². The van der Waals surface area contributed by atoms with Crippen LogP contribution in [0.2, 0.25) is 0 Å². The van der Waals surface area contributed by atoms with Crippen LogP contribution in [0.5, 0.6) is 0 Å². The van der Waals surface area contributed by atoms with Crippen LogP contribution in [-0.2, 0) is 10.8 Å². The van der Waals surface area contributed by atoms with Gasteiger partial charge in [-0.3, -0.25) is 0 Å². The van der Waals surface area contributed by atoms with Gasteiger partial charge < -0.3 is 0 Å². The van der Waals surface area contributed by atoms with Gasteiger partial charge in [0.25, 0.3) is 0 Å². The third-order valence-electron chi connectivity index (χ3n) is 25.7. The number of hydrogen-bond acceptors (Lipinski definition) is 0. The Morgan fingerprint density at radius 3 is 0.444 bits per heavy atom. The molecule has 0 fully saturated rings. The van der Waals surface area contributed by atoms with Gasteiger partial charge >= 0.3 is 0 Å². The van der Waals surface area contributed by atoms with E-state index in [2.05, 4.69) is 60.7 Å². The van der Waals surface area contributed by atoms with Crippen molar-refractivity contribution in [1.29, 1.82) is 0 Å². The Morgan fingerprint density at radius 1 is 0.125 bits per heavy atom. The zero-order valence-corrected chi connectivity index (χ0v) is 36.8. The van der Waals surface area contributed by atoms with Gasteiger partial charge in [0.15, 0.2) is 0 Å². The molecule has 34 rings (SSSR count). The van der Waals surface area contributed by atoms with Crippen molar-refractivity contribution < 1.29 is 0 Å². The quantitative estimate of drug-likeness (QED) is 0.152. The van der Waals surface area contributed by atoms with E-state index >= 15 is 0 Å². The standard InChI is InChI=1S/C72H10/c1-3-7-11(8-4-1)71-65-57-48-41-28-21-15-16-18-14-13-17(15)26(28)32-30-19(13)23-20(14)31-33-27(18)29-22(16)25-24(21)35-43-36(25)45-42(29)49-47(33)51-38(31)40-34(23)39-37(30)50(46(32)48)61(65)63-52(39)53(40)64-62(51)66-58(49)55(45)60-56(43)59(54(57)44(35)41)67(71)68(60)72(66,70(64)69(63)71)12-9-5-2-6-10-12/h1-10H. The van der Waals surface area contributed by atoms with E-state index in [9.17, 15) is 0 Å². The van der Waals surface area contributed by atoms with Crippen LogP contribution in [0.15, 0.2) is 60.7 Å². The molecule has 0 nitrogen and oxygen atoms in total. The molecule has 0 saturated heterocycles. The summed E-state index contributed by atoms with van der Waals surface area (Å²) >= 11 is 0. The van der Waals surface area contributed by atoms with Crippen LogP contribution < -0.4 is 0 Å². The van der Waals surface area contributed by atoms with E-state index in [-0.39, 0.29) is 0 Å². The van der Waals surface area contributed by atoms with Crippen LogP contribution in [0, 0.1) is 0 Å². The van der Waals surface area contributed by atoms with Crippen LogP contribution in [0.1, 0.15) is 44.5 Å². The van der Waals surface area contributed by atoms with Crippen molar-refractivity contribution in [2.75, 3.05) is 0 Å². The number of benzene rings is 19. The van der Waals surface area contributed by atoms with Gasteiger partial charge in [-0.1, -0.05) is 60.7 Å². The van der Waals surface area contributed by atoms with Crippen molar-refractivity contribution in [2.45, 2.75) is 10.8 Å². The first-order chi connectivity index (χ1) is 35.9. The Labute approximate surface area is 393 Å². The largest absolute Gasteiger partial charge is 0.0733 e. The highest BCUT2D eigenvalue weighted by Crippen LogP contribution is 2.85. The zero-order chi connectivity index (χ0) is 42.7. The molecule has 0 N–H and O–H groups in total. The minimum atomic E-state index is -0.457. The summed E-state index contributed by atoms with van der Waals surface area (Å²) < 4.78 is 0. The predicted molar refractivity (Wildman–Crippen MR) is 303 cm³/mol. The minimum Gasteiger partial charge on any atom is -0.0622 e. The minimum absolute atomic E-state index is 0.457. The maximum absolute atomic E-state index is 2.60. The molecule has 0 spiro atoms. The lowest BCUT2D eigenvalue weighted by Crippen LogP contribution is -2.43. The van der Waals surface area contributed by atoms with Crippen molar-refractivity contribution in [2.24, 2.45) is 0 Å². The molecule has 0 amide bonds. The van der Waals surface area contributed by atoms with Crippen molar-refractivity contribution in [1.82, 2.24) is 0 Å². The Kier molecular flexibility index (Phi) is 2.29. The molecular formula is C72H10. The molecule has 0 heteroatoms. The van der Waals surface area contributed by atoms with E-state index in [1.807, 2.05) is 0 Å². The fourth-order valence-electron chi connectivity index (χ4n) is 25.5. The number of rotatable bonds is 2. The lowest BCUT2D eigenvalue weighted by atomic mass is 9.51. The van der Waals surface area contributed by atoms with Gasteiger partial charge in [-0.15, -0.1) is 0 Å². The number of hydrogen-bond donors (Lipinski definition) is 0. The molecular weight excluding hydrogens is 865 g/mol. The van der Waals surface area contributed by atoms with Crippen LogP contribution in [0.3, 0.4) is 0 Å². The Morgan fingerprint density at radius 2 is 0.250 bits per heavy atom. The SMILES string of the molecule is c1ccc(C23c4c5c6c7c8c9c%10c%11c(c2c2c%12c3c3c%13c4c6c4c6c%13c%13c3c3c%12c%12c%14c2c%11c2c%11c%10c%10c8c8c7c4c4c6c6c%13c7c3c%12c3c(c%142)c2c%11c%10c%10c8c4c4c%10c2c3c7c64)C59c2ccccc2)cc1. The molecule has 2 unspecified atom stereocenters. The van der Waals surface area contributed by atoms with E-state index < -0.39 is 10.8 Å². The van der Waals surface area contributed by atoms with Crippen molar-refractivity contribution in [3.8, 4) is 0 Å². The van der Waals surface area contributed by atoms with Crippen LogP contribution in [0.25, 0.3) is 280 Å². The molecule has 72 heavy (non-hydrogen) atoms. The zero-order valence-electron chi connectivity index (χ0n) is 36.8. The molecule has 0 heterocycles. The molecule has 2 atom stereocenters. The van der Waals surface area contributed by atoms with Crippen molar-refractivity contribution in [3.05, 3.63) is 105 Å². The first-order valence-corrected chi connectivity index (χ1v) is 26.8. The van der Waals surface area contributed by atoms with E-state index in [0.717, 1.165) is 0 Å². The fraction of sp³-hybridized carbons (Fsp3) is 0.0278. The van der Waals surface area contributed by atoms with Crippen molar-refractivity contribution >= 4 is 280 Å². The van der Waals surface area contributed by atoms with Crippen LogP contribution in [0.4, 0.5) is 0 Å². The summed E-state index contributed by atoms with van der Waals surface area (Å²) in [6.45, 7) is 0. The topological polar surface area (TPSA) is 0 Å². The Bertz CT molecular complexity index is 7230. The maximum atomic E-state index is 2.60. The average molecular weight is 875 g/mol. The highest BCUT2D eigenvalue weighted by Gasteiger charge is 2.67. The Balaban J connectivity index is 1.20. The van der Waals surface area contributed by atoms with Gasteiger partial charge in [-0.2, -0.15) is 0 Å². The lowest BCUT2D eigenvalue weighted by molar-refractivity contribution is 0.660. The second-order valence-electron chi connectivity index (χ2n) is 26.0. The van der Waals surface area contributed by atoms with Gasteiger partial charge in [0, 0.05) is 0 Å². The third-order valence-corrected chi connectivity index (χ3v) is 25.7. The fourth-order valence-corrected chi connectivity index (χ4v) is 25.5. The molecule has 29 aromatic carbocycles. The summed E-state index contributed by atoms with van der Waals surface area (Å²) in [5.41, 5.74) is 12.2. The smallest absolute Gasteiger partial charge is 0.0622 e. The van der Waals surface area contributed by atoms with Gasteiger partial charge in [0.2, 0.25) is 0 Å². The van der Waals surface area contributed by atoms with Gasteiger partial charge in [-0.05, 0) is 325 Å². The predicted octanol–water partition coefficient (Wildman–Crippen LogP) is 19.1. The van der Waals surface area contributed by atoms with Gasteiger partial charge in [0.05, 0.1) is 10.8 Å². The summed E-state index contributed by atoms with van der Waals surface area (Å²) in [5, 5.41) is 85.7. The highest BCUT2D eigenvalue weighted by molar-refractivity contribution is 6.81. The molecule has 0 aromatic heterocycles. The summed E-state index contributed by atoms with van der Waals surface area (Å²) in [6.07, 6.45) is 0. The lowest BCUT2D eigenvalue weighted by Gasteiger charge is -2.49. The summed E-state index contributed by atoms with van der Waals surface area (Å²) in [7, 11) is 0. The summed E-state index contributed by atoms with van der Waals surface area (Å²) in [6, 6.07) is 24.6. The highest BCUT2D eigenvalue weighted by atomic mass is 14.7. The van der Waals surface area contributed by atoms with E-state index in [0.29, 0.717) is 0 Å². The Hall–Kier alpha value is -9.10. The van der Waals surface area contributed by atoms with Gasteiger partial charge in [0.1, 0.15) is 0 Å². The monoisotopic (exact) mass is 874 g/mol. The molecule has 0 radical (unpaired) electrons. The molecule has 0 saturated carbocycles. The molecule has 29 aromatic rings. The second kappa shape index (κ2) is 6.17. The molecule has 0 aliphatic heterocycles. The molecule has 298 valence electrons. The van der Waals surface area contributed by atoms with Crippen LogP contribution in [-0.4, -0.2) is 0 Å². The van der Waals surface area contributed by atoms with Gasteiger partial charge in [-0.25, -0.2) is 0 Å². The summed E-state index contributed by atoms with van der Waals surface area (Å²) in [4.78, 5) is 0. The third kappa shape index (κ3) is 1.43. The average Bonchev–Trinajstić information content (AvgIpc) is 4.41. The first-order valence-electron chi connectivity index (χ1n) is 26.8. The maximum Gasteiger partial charge on any atom is 0.0733 e. The van der Waals surface area contributed by atoms with Crippen LogP contribution >= 0.6 is 0 Å². The molecule has 5 aliphatic rings. The summed E-state index contributed by atoms with van der Waals surface area (Å²) in [5.74, 6) is 0. The molecule has 0 bridgehead atoms. The van der Waals surface area contributed by atoms with E-state index in [4.69, 9.17) is 0 Å².